The fraction of sp³-hybridized carbons (Fsp3) is 0.412. The van der Waals surface area contributed by atoms with E-state index in [1.165, 1.54) is 6.34 Å². The van der Waals surface area contributed by atoms with Gasteiger partial charge in [-0.3, -0.25) is 15.5 Å². The normalized spacial score (nSPS) is 35.9. The third-order valence-electron chi connectivity index (χ3n) is 4.83. The van der Waals surface area contributed by atoms with Gasteiger partial charge in [0.15, 0.2) is 12.1 Å². The van der Waals surface area contributed by atoms with E-state index in [9.17, 15) is 15.0 Å². The summed E-state index contributed by atoms with van der Waals surface area (Å²) in [7, 11) is 0. The quantitative estimate of drug-likeness (QED) is 0.603. The zero-order valence-corrected chi connectivity index (χ0v) is 14.1. The van der Waals surface area contributed by atoms with Gasteiger partial charge in [-0.25, -0.2) is 9.98 Å². The number of aliphatic imine (C=N–C) groups is 3. The van der Waals surface area contributed by atoms with Gasteiger partial charge in [0, 0.05) is 5.56 Å². The van der Waals surface area contributed by atoms with Crippen LogP contribution in [0.4, 0.5) is 0 Å². The molecule has 4 N–H and O–H groups in total. The number of ketones is 1. The van der Waals surface area contributed by atoms with E-state index in [0.29, 0.717) is 11.4 Å². The van der Waals surface area contributed by atoms with Crippen molar-refractivity contribution >= 4 is 23.7 Å². The van der Waals surface area contributed by atoms with E-state index in [2.05, 4.69) is 15.0 Å². The SMILES string of the molecule is C[C@H]1O[C@@H](N2CN=C3C2=NC=NC3(N)C(=O)c2ccccc2)[C@H](O)[C@@H]1O. The van der Waals surface area contributed by atoms with Gasteiger partial charge in [0.25, 0.3) is 0 Å². The maximum Gasteiger partial charge on any atom is 0.219 e. The van der Waals surface area contributed by atoms with Crippen molar-refractivity contribution in [2.24, 2.45) is 20.7 Å². The molecule has 5 atom stereocenters. The van der Waals surface area contributed by atoms with Crippen LogP contribution >= 0.6 is 0 Å². The Morgan fingerprint density at radius 3 is 2.69 bits per heavy atom. The molecule has 9 nitrogen and oxygen atoms in total. The first-order valence-corrected chi connectivity index (χ1v) is 8.27. The number of hydrogen-bond acceptors (Lipinski definition) is 9. The van der Waals surface area contributed by atoms with Gasteiger partial charge in [-0.05, 0) is 6.92 Å². The third-order valence-corrected chi connectivity index (χ3v) is 4.83. The second-order valence-corrected chi connectivity index (χ2v) is 6.49. The Labute approximate surface area is 149 Å². The lowest BCUT2D eigenvalue weighted by atomic mass is 9.93. The number of nitrogens with two attached hydrogens (primary N) is 1. The van der Waals surface area contributed by atoms with Gasteiger partial charge in [-0.1, -0.05) is 30.3 Å². The van der Waals surface area contributed by atoms with E-state index in [1.54, 1.807) is 42.2 Å². The molecule has 1 unspecified atom stereocenters. The van der Waals surface area contributed by atoms with Gasteiger partial charge in [0.2, 0.25) is 11.4 Å². The van der Waals surface area contributed by atoms with Crippen molar-refractivity contribution in [2.45, 2.75) is 37.1 Å². The van der Waals surface area contributed by atoms with Crippen molar-refractivity contribution in [1.82, 2.24) is 4.90 Å². The van der Waals surface area contributed by atoms with Crippen molar-refractivity contribution in [1.29, 1.82) is 0 Å². The summed E-state index contributed by atoms with van der Waals surface area (Å²) < 4.78 is 5.63. The molecule has 136 valence electrons. The highest BCUT2D eigenvalue weighted by atomic mass is 16.6. The van der Waals surface area contributed by atoms with Crippen molar-refractivity contribution in [2.75, 3.05) is 6.67 Å². The summed E-state index contributed by atoms with van der Waals surface area (Å²) in [6.45, 7) is 1.77. The number of carbonyl (C=O) groups excluding carboxylic acids is 1. The molecule has 0 radical (unpaired) electrons. The molecule has 1 aromatic carbocycles. The Bertz CT molecular complexity index is 824. The number of ether oxygens (including phenoxy) is 1. The second-order valence-electron chi connectivity index (χ2n) is 6.49. The number of rotatable bonds is 3. The van der Waals surface area contributed by atoms with Crippen molar-refractivity contribution in [3.63, 3.8) is 0 Å². The van der Waals surface area contributed by atoms with Gasteiger partial charge < -0.3 is 19.8 Å². The molecule has 3 aliphatic heterocycles. The molecule has 3 aliphatic rings. The van der Waals surface area contributed by atoms with E-state index in [4.69, 9.17) is 10.5 Å². The fourth-order valence-electron chi connectivity index (χ4n) is 3.34. The zero-order valence-electron chi connectivity index (χ0n) is 14.1. The molecule has 0 spiro atoms. The van der Waals surface area contributed by atoms with E-state index < -0.39 is 36.0 Å². The van der Waals surface area contributed by atoms with E-state index in [0.717, 1.165) is 0 Å². The first kappa shape index (κ1) is 17.0. The summed E-state index contributed by atoms with van der Waals surface area (Å²) in [6.07, 6.45) is -2.30. The molecular weight excluding hydrogens is 338 g/mol. The van der Waals surface area contributed by atoms with Crippen LogP contribution in [0.3, 0.4) is 0 Å². The molecule has 26 heavy (non-hydrogen) atoms. The van der Waals surface area contributed by atoms with Crippen molar-refractivity contribution < 1.29 is 19.7 Å². The molecular formula is C17H19N5O4. The van der Waals surface area contributed by atoms with E-state index in [1.807, 2.05) is 0 Å². The average Bonchev–Trinajstić information content (AvgIpc) is 3.19. The maximum absolute atomic E-state index is 12.9. The lowest BCUT2D eigenvalue weighted by Crippen LogP contribution is -2.59. The van der Waals surface area contributed by atoms with Crippen LogP contribution in [-0.4, -0.2) is 75.7 Å². The first-order valence-electron chi connectivity index (χ1n) is 8.27. The van der Waals surface area contributed by atoms with Gasteiger partial charge >= 0.3 is 0 Å². The number of carbonyl (C=O) groups is 1. The topological polar surface area (TPSA) is 133 Å². The lowest BCUT2D eigenvalue weighted by molar-refractivity contribution is -0.0530. The highest BCUT2D eigenvalue weighted by molar-refractivity contribution is 6.52. The number of nitrogens with zero attached hydrogens (tertiary/aromatic N) is 4. The number of amidine groups is 1. The summed E-state index contributed by atoms with van der Waals surface area (Å²) in [5, 5.41) is 20.2. The Balaban J connectivity index is 1.64. The number of Topliss-reactive ketones (excluding diaryl/α,β-unsaturated/α-hetero) is 1. The first-order chi connectivity index (χ1) is 12.4. The van der Waals surface area contributed by atoms with E-state index >= 15 is 0 Å². The zero-order chi connectivity index (χ0) is 18.5. The monoisotopic (exact) mass is 357 g/mol. The highest BCUT2D eigenvalue weighted by Gasteiger charge is 2.52. The minimum atomic E-state index is -1.69. The van der Waals surface area contributed by atoms with Gasteiger partial charge in [-0.2, -0.15) is 0 Å². The van der Waals surface area contributed by atoms with Crippen LogP contribution in [0.5, 0.6) is 0 Å². The molecule has 0 amide bonds. The summed E-state index contributed by atoms with van der Waals surface area (Å²) in [4.78, 5) is 27.2. The van der Waals surface area contributed by atoms with Gasteiger partial charge in [0.1, 0.15) is 30.9 Å². The van der Waals surface area contributed by atoms with Crippen LogP contribution in [0.15, 0.2) is 45.3 Å². The Morgan fingerprint density at radius 2 is 2.04 bits per heavy atom. The molecule has 9 heteroatoms. The minimum Gasteiger partial charge on any atom is -0.388 e. The van der Waals surface area contributed by atoms with Crippen LogP contribution in [0.25, 0.3) is 0 Å². The number of benzene rings is 1. The summed E-state index contributed by atoms with van der Waals surface area (Å²) in [5.74, 6) is -0.0826. The van der Waals surface area contributed by atoms with Crippen LogP contribution in [0.1, 0.15) is 17.3 Å². The maximum atomic E-state index is 12.9. The smallest absolute Gasteiger partial charge is 0.219 e. The summed E-state index contributed by atoms with van der Waals surface area (Å²) in [6, 6.07) is 8.61. The number of hydrogen-bond donors (Lipinski definition) is 3. The average molecular weight is 357 g/mol. The van der Waals surface area contributed by atoms with Gasteiger partial charge in [-0.15, -0.1) is 0 Å². The molecule has 4 rings (SSSR count). The predicted octanol–water partition coefficient (Wildman–Crippen LogP) is -0.855. The third kappa shape index (κ3) is 2.40. The Hall–Kier alpha value is -2.46. The Morgan fingerprint density at radius 1 is 1.31 bits per heavy atom. The van der Waals surface area contributed by atoms with Gasteiger partial charge in [0.05, 0.1) is 6.10 Å². The minimum absolute atomic E-state index is 0.0969. The number of fused-ring (bicyclic) bond motifs is 1. The summed E-state index contributed by atoms with van der Waals surface area (Å²) in [5.41, 5.74) is 5.27. The number of aliphatic hydroxyl groups is 2. The summed E-state index contributed by atoms with van der Waals surface area (Å²) >= 11 is 0. The van der Waals surface area contributed by atoms with E-state index in [-0.39, 0.29) is 12.4 Å². The van der Waals surface area contributed by atoms with Crippen LogP contribution in [0, 0.1) is 0 Å². The lowest BCUT2D eigenvalue weighted by Gasteiger charge is -2.31. The molecule has 0 aliphatic carbocycles. The molecule has 3 heterocycles. The Kier molecular flexibility index (Phi) is 3.96. The van der Waals surface area contributed by atoms with Crippen molar-refractivity contribution in [3.8, 4) is 0 Å². The molecule has 0 saturated carbocycles. The number of aliphatic hydroxyl groups excluding tert-OH is 2. The molecule has 0 aromatic heterocycles. The molecule has 1 aromatic rings. The molecule has 1 fully saturated rings. The molecule has 1 saturated heterocycles. The van der Waals surface area contributed by atoms with Crippen molar-refractivity contribution in [3.05, 3.63) is 35.9 Å². The molecule has 0 bridgehead atoms. The second kappa shape index (κ2) is 6.06. The highest BCUT2D eigenvalue weighted by Crippen LogP contribution is 2.29. The van der Waals surface area contributed by atoms with Crippen LogP contribution in [-0.2, 0) is 4.74 Å². The standard InChI is InChI=1S/C17H19N5O4/c1-9-11(23)12(24)16(26-9)22-8-20-13-15(22)19-7-21-17(13,18)14(25)10-5-3-2-4-6-10/h2-7,9,11-12,16,23-24H,8,18H2,1H3/t9-,11-,12-,16-,17?/m1/s1. The largest absolute Gasteiger partial charge is 0.388 e. The predicted molar refractivity (Wildman–Crippen MR) is 94.1 cm³/mol. The fourth-order valence-corrected chi connectivity index (χ4v) is 3.34. The van der Waals surface area contributed by atoms with Crippen LogP contribution < -0.4 is 5.73 Å². The van der Waals surface area contributed by atoms with Crippen LogP contribution in [0.2, 0.25) is 0 Å².